The molecule has 0 spiro atoms. The number of hydrogen-bond acceptors (Lipinski definition) is 2. The highest BCUT2D eigenvalue weighted by Crippen LogP contribution is 2.15. The normalized spacial score (nSPS) is 10.2. The summed E-state index contributed by atoms with van der Waals surface area (Å²) in [6, 6.07) is 3.92. The molecular weight excluding hydrogens is 257 g/mol. The summed E-state index contributed by atoms with van der Waals surface area (Å²) >= 11 is 5.53. The molecule has 0 bridgehead atoms. The van der Waals surface area contributed by atoms with Crippen LogP contribution in [0.4, 0.5) is 4.39 Å². The fourth-order valence-electron chi connectivity index (χ4n) is 1.22. The van der Waals surface area contributed by atoms with Crippen LogP contribution in [0.1, 0.15) is 17.3 Å². The lowest BCUT2D eigenvalue weighted by Crippen LogP contribution is -2.27. The van der Waals surface area contributed by atoms with Crippen LogP contribution >= 0.6 is 11.6 Å². The van der Waals surface area contributed by atoms with Crippen LogP contribution < -0.4 is 5.32 Å². The van der Waals surface area contributed by atoms with Crippen LogP contribution in [0.3, 0.4) is 0 Å². The fraction of sp³-hybridized carbons (Fsp3) is 0.308. The Balaban J connectivity index is 2.36. The van der Waals surface area contributed by atoms with Gasteiger partial charge in [0.25, 0.3) is 5.91 Å². The first-order valence-electron chi connectivity index (χ1n) is 5.46. The van der Waals surface area contributed by atoms with E-state index in [-0.39, 0.29) is 16.5 Å². The lowest BCUT2D eigenvalue weighted by Gasteiger charge is -2.06. The zero-order valence-electron chi connectivity index (χ0n) is 10.1. The van der Waals surface area contributed by atoms with E-state index in [0.29, 0.717) is 19.8 Å². The zero-order valence-corrected chi connectivity index (χ0v) is 10.9. The SMILES string of the molecule is C=C(C)COCCNC(=O)c1ccc(Cl)c(F)c1. The minimum atomic E-state index is -0.608. The maximum absolute atomic E-state index is 13.1. The van der Waals surface area contributed by atoms with Gasteiger partial charge in [-0.15, -0.1) is 0 Å². The molecule has 1 amide bonds. The van der Waals surface area contributed by atoms with Crippen LogP contribution in [-0.2, 0) is 4.74 Å². The number of nitrogens with one attached hydrogen (secondary N) is 1. The quantitative estimate of drug-likeness (QED) is 0.638. The summed E-state index contributed by atoms with van der Waals surface area (Å²) in [5.41, 5.74) is 1.15. The van der Waals surface area contributed by atoms with Crippen molar-refractivity contribution in [1.82, 2.24) is 5.32 Å². The van der Waals surface area contributed by atoms with Crippen molar-refractivity contribution < 1.29 is 13.9 Å². The molecule has 3 nitrogen and oxygen atoms in total. The first kappa shape index (κ1) is 14.7. The lowest BCUT2D eigenvalue weighted by atomic mass is 10.2. The molecule has 1 aromatic rings. The Labute approximate surface area is 111 Å². The molecule has 1 aromatic carbocycles. The second kappa shape index (κ2) is 7.13. The Morgan fingerprint density at radius 2 is 2.28 bits per heavy atom. The molecule has 0 fully saturated rings. The molecule has 1 N–H and O–H groups in total. The van der Waals surface area contributed by atoms with Gasteiger partial charge >= 0.3 is 0 Å². The largest absolute Gasteiger partial charge is 0.375 e. The van der Waals surface area contributed by atoms with Crippen molar-refractivity contribution in [1.29, 1.82) is 0 Å². The van der Waals surface area contributed by atoms with Gasteiger partial charge in [-0.25, -0.2) is 4.39 Å². The molecule has 5 heteroatoms. The Kier molecular flexibility index (Phi) is 5.82. The molecule has 1 rings (SSSR count). The van der Waals surface area contributed by atoms with Crippen molar-refractivity contribution in [3.8, 4) is 0 Å². The molecule has 0 aliphatic carbocycles. The molecule has 0 aliphatic heterocycles. The highest BCUT2D eigenvalue weighted by Gasteiger charge is 2.07. The van der Waals surface area contributed by atoms with Gasteiger partial charge in [-0.1, -0.05) is 23.8 Å². The molecule has 18 heavy (non-hydrogen) atoms. The van der Waals surface area contributed by atoms with Crippen molar-refractivity contribution in [3.05, 3.63) is 46.8 Å². The number of carbonyl (C=O) groups is 1. The van der Waals surface area contributed by atoms with Crippen molar-refractivity contribution in [2.75, 3.05) is 19.8 Å². The van der Waals surface area contributed by atoms with Gasteiger partial charge in [0.05, 0.1) is 18.2 Å². The van der Waals surface area contributed by atoms with E-state index in [1.165, 1.54) is 12.1 Å². The maximum atomic E-state index is 13.1. The smallest absolute Gasteiger partial charge is 0.251 e. The van der Waals surface area contributed by atoms with E-state index in [1.807, 2.05) is 6.92 Å². The van der Waals surface area contributed by atoms with E-state index < -0.39 is 5.82 Å². The highest BCUT2D eigenvalue weighted by atomic mass is 35.5. The van der Waals surface area contributed by atoms with Crippen LogP contribution in [0.2, 0.25) is 5.02 Å². The lowest BCUT2D eigenvalue weighted by molar-refractivity contribution is 0.0926. The van der Waals surface area contributed by atoms with Gasteiger partial charge in [0.15, 0.2) is 0 Å². The van der Waals surface area contributed by atoms with Gasteiger partial charge in [0.2, 0.25) is 0 Å². The van der Waals surface area contributed by atoms with Gasteiger partial charge in [0.1, 0.15) is 5.82 Å². The minimum Gasteiger partial charge on any atom is -0.375 e. The first-order valence-corrected chi connectivity index (χ1v) is 5.84. The zero-order chi connectivity index (χ0) is 13.5. The van der Waals surface area contributed by atoms with Crippen molar-refractivity contribution in [2.24, 2.45) is 0 Å². The third-order valence-corrected chi connectivity index (χ3v) is 2.37. The van der Waals surface area contributed by atoms with Crippen molar-refractivity contribution in [3.63, 3.8) is 0 Å². The molecule has 0 heterocycles. The Hall–Kier alpha value is -1.39. The van der Waals surface area contributed by atoms with Gasteiger partial charge in [0, 0.05) is 12.1 Å². The van der Waals surface area contributed by atoms with E-state index in [0.717, 1.165) is 11.6 Å². The second-order valence-electron chi connectivity index (χ2n) is 3.89. The van der Waals surface area contributed by atoms with E-state index >= 15 is 0 Å². The summed E-state index contributed by atoms with van der Waals surface area (Å²) in [6.07, 6.45) is 0. The third-order valence-electron chi connectivity index (χ3n) is 2.06. The van der Waals surface area contributed by atoms with Gasteiger partial charge < -0.3 is 10.1 Å². The van der Waals surface area contributed by atoms with E-state index in [2.05, 4.69) is 11.9 Å². The predicted octanol–water partition coefficient (Wildman–Crippen LogP) is 2.80. The Morgan fingerprint density at radius 3 is 2.89 bits per heavy atom. The highest BCUT2D eigenvalue weighted by molar-refractivity contribution is 6.30. The van der Waals surface area contributed by atoms with Crippen molar-refractivity contribution >= 4 is 17.5 Å². The van der Waals surface area contributed by atoms with Crippen LogP contribution in [0.25, 0.3) is 0 Å². The fourth-order valence-corrected chi connectivity index (χ4v) is 1.34. The molecular formula is C13H15ClFNO2. The van der Waals surface area contributed by atoms with Crippen LogP contribution in [0.5, 0.6) is 0 Å². The Morgan fingerprint density at radius 1 is 1.56 bits per heavy atom. The topological polar surface area (TPSA) is 38.3 Å². The number of benzene rings is 1. The summed E-state index contributed by atoms with van der Waals surface area (Å²) in [5.74, 6) is -0.965. The van der Waals surface area contributed by atoms with Gasteiger partial charge in [-0.2, -0.15) is 0 Å². The van der Waals surface area contributed by atoms with Gasteiger partial charge in [-0.3, -0.25) is 4.79 Å². The molecule has 0 saturated heterocycles. The summed E-state index contributed by atoms with van der Waals surface area (Å²) in [4.78, 5) is 11.6. The number of rotatable bonds is 6. The van der Waals surface area contributed by atoms with Crippen LogP contribution in [0, 0.1) is 5.82 Å². The van der Waals surface area contributed by atoms with Crippen LogP contribution in [-0.4, -0.2) is 25.7 Å². The van der Waals surface area contributed by atoms with Crippen molar-refractivity contribution in [2.45, 2.75) is 6.92 Å². The standard InChI is InChI=1S/C13H15ClFNO2/c1-9(2)8-18-6-5-16-13(17)10-3-4-11(14)12(15)7-10/h3-4,7H,1,5-6,8H2,2H3,(H,16,17). The number of hydrogen-bond donors (Lipinski definition) is 1. The van der Waals surface area contributed by atoms with E-state index in [4.69, 9.17) is 16.3 Å². The summed E-state index contributed by atoms with van der Waals surface area (Å²) in [7, 11) is 0. The minimum absolute atomic E-state index is 0.00339. The van der Waals surface area contributed by atoms with E-state index in [1.54, 1.807) is 0 Å². The molecule has 0 radical (unpaired) electrons. The molecule has 0 unspecified atom stereocenters. The molecule has 98 valence electrons. The summed E-state index contributed by atoms with van der Waals surface area (Å²) in [5, 5.41) is 2.61. The summed E-state index contributed by atoms with van der Waals surface area (Å²) in [6.45, 7) is 6.75. The van der Waals surface area contributed by atoms with Gasteiger partial charge in [-0.05, 0) is 25.1 Å². The predicted molar refractivity (Wildman–Crippen MR) is 69.4 cm³/mol. The van der Waals surface area contributed by atoms with Crippen LogP contribution in [0.15, 0.2) is 30.4 Å². The first-order chi connectivity index (χ1) is 8.50. The molecule has 0 atom stereocenters. The number of amides is 1. The third kappa shape index (κ3) is 4.85. The average Bonchev–Trinajstić information content (AvgIpc) is 2.31. The second-order valence-corrected chi connectivity index (χ2v) is 4.30. The molecule has 0 aliphatic rings. The number of ether oxygens (including phenoxy) is 1. The monoisotopic (exact) mass is 271 g/mol. The maximum Gasteiger partial charge on any atom is 0.251 e. The molecule has 0 saturated carbocycles. The van der Waals surface area contributed by atoms with E-state index in [9.17, 15) is 9.18 Å². The summed E-state index contributed by atoms with van der Waals surface area (Å²) < 4.78 is 18.3. The average molecular weight is 272 g/mol. The molecule has 0 aromatic heterocycles. The number of halogens is 2. The Bertz CT molecular complexity index is 449. The number of carbonyl (C=O) groups excluding carboxylic acids is 1.